The molecule has 0 spiro atoms. The van der Waals surface area contributed by atoms with Gasteiger partial charge in [0.25, 0.3) is 0 Å². The van der Waals surface area contributed by atoms with Crippen LogP contribution in [0.25, 0.3) is 5.65 Å². The predicted molar refractivity (Wildman–Crippen MR) is 136 cm³/mol. The Kier molecular flexibility index (Phi) is 6.98. The average Bonchev–Trinajstić information content (AvgIpc) is 3.22. The lowest BCUT2D eigenvalue weighted by Gasteiger charge is -2.46. The first-order chi connectivity index (χ1) is 17.0. The van der Waals surface area contributed by atoms with Crippen LogP contribution in [-0.4, -0.2) is 68.9 Å². The summed E-state index contributed by atoms with van der Waals surface area (Å²) in [6, 6.07) is 7.40. The minimum Gasteiger partial charge on any atom is -0.395 e. The van der Waals surface area contributed by atoms with Crippen LogP contribution in [0.3, 0.4) is 0 Å². The van der Waals surface area contributed by atoms with Gasteiger partial charge in [0.15, 0.2) is 5.65 Å². The maximum Gasteiger partial charge on any atom is 0.230 e. The number of nitrogens with zero attached hydrogens (tertiary/aromatic N) is 7. The molecule has 3 aromatic rings. The van der Waals surface area contributed by atoms with Crippen LogP contribution < -0.4 is 10.2 Å². The van der Waals surface area contributed by atoms with E-state index in [4.69, 9.17) is 28.2 Å². The Morgan fingerprint density at radius 2 is 2.06 bits per heavy atom. The number of fused-ring (bicyclic) bond motifs is 1. The summed E-state index contributed by atoms with van der Waals surface area (Å²) in [5.41, 5.74) is 1.76. The van der Waals surface area contributed by atoms with E-state index in [1.165, 1.54) is 19.0 Å². The standard InChI is InChI=1S/C24H28Cl2N8O/c1-15(20-5-4-19(25)9-21(20)26)29-24-31-23(30-22-17(10-27)11-28-34(22)24)33-13-18(14-33)16-3-2-6-32(12-16)7-8-35/h4-5,9,11,15-16,18,35H,2-3,6-8,12-14H2,1H3,(H,29,30,31)/t15-,16+/m1/s1. The lowest BCUT2D eigenvalue weighted by atomic mass is 9.81. The number of aliphatic hydroxyl groups is 1. The molecular weight excluding hydrogens is 487 g/mol. The third-order valence-corrected chi connectivity index (χ3v) is 7.63. The maximum atomic E-state index is 9.57. The minimum atomic E-state index is -0.177. The first-order valence-electron chi connectivity index (χ1n) is 11.9. The molecule has 4 heterocycles. The molecule has 184 valence electrons. The highest BCUT2D eigenvalue weighted by molar-refractivity contribution is 6.35. The molecule has 35 heavy (non-hydrogen) atoms. The van der Waals surface area contributed by atoms with E-state index in [2.05, 4.69) is 31.3 Å². The number of nitriles is 1. The van der Waals surface area contributed by atoms with Gasteiger partial charge in [0.2, 0.25) is 11.9 Å². The minimum absolute atomic E-state index is 0.177. The highest BCUT2D eigenvalue weighted by Crippen LogP contribution is 2.34. The van der Waals surface area contributed by atoms with E-state index in [1.54, 1.807) is 16.6 Å². The Bertz CT molecular complexity index is 1250. The second kappa shape index (κ2) is 10.2. The molecule has 2 aromatic heterocycles. The van der Waals surface area contributed by atoms with Gasteiger partial charge in [0, 0.05) is 36.2 Å². The Labute approximate surface area is 214 Å². The topological polar surface area (TPSA) is 106 Å². The maximum absolute atomic E-state index is 9.57. The molecule has 2 saturated heterocycles. The van der Waals surface area contributed by atoms with Crippen molar-refractivity contribution < 1.29 is 5.11 Å². The quantitative estimate of drug-likeness (QED) is 0.492. The summed E-state index contributed by atoms with van der Waals surface area (Å²) in [6.45, 7) is 6.79. The van der Waals surface area contributed by atoms with Gasteiger partial charge in [-0.1, -0.05) is 29.3 Å². The first-order valence-corrected chi connectivity index (χ1v) is 12.7. The molecule has 0 unspecified atom stereocenters. The number of aliphatic hydroxyl groups excluding tert-OH is 1. The second-order valence-electron chi connectivity index (χ2n) is 9.38. The SMILES string of the molecule is C[C@@H](Nc1nc(N2CC([C@H]3CCCN(CCO)C3)C2)nc2c(C#N)cnn12)c1ccc(Cl)cc1Cl. The zero-order chi connectivity index (χ0) is 24.5. The lowest BCUT2D eigenvalue weighted by molar-refractivity contribution is 0.101. The number of hydrogen-bond donors (Lipinski definition) is 2. The fourth-order valence-electron chi connectivity index (χ4n) is 5.10. The average molecular weight is 515 g/mol. The van der Waals surface area contributed by atoms with Crippen molar-refractivity contribution in [1.29, 1.82) is 5.26 Å². The van der Waals surface area contributed by atoms with Crippen molar-refractivity contribution in [3.05, 3.63) is 45.6 Å². The summed E-state index contributed by atoms with van der Waals surface area (Å²) >= 11 is 12.5. The van der Waals surface area contributed by atoms with Gasteiger partial charge < -0.3 is 20.2 Å². The number of likely N-dealkylation sites (tertiary alicyclic amines) is 1. The van der Waals surface area contributed by atoms with Crippen molar-refractivity contribution in [2.45, 2.75) is 25.8 Å². The van der Waals surface area contributed by atoms with E-state index in [0.717, 1.165) is 38.3 Å². The van der Waals surface area contributed by atoms with Gasteiger partial charge in [0.1, 0.15) is 11.6 Å². The third-order valence-electron chi connectivity index (χ3n) is 7.07. The Morgan fingerprint density at radius 1 is 1.23 bits per heavy atom. The van der Waals surface area contributed by atoms with Crippen molar-refractivity contribution in [3.8, 4) is 6.07 Å². The van der Waals surface area contributed by atoms with E-state index in [-0.39, 0.29) is 12.6 Å². The molecule has 2 aliphatic heterocycles. The van der Waals surface area contributed by atoms with Crippen molar-refractivity contribution in [2.24, 2.45) is 11.8 Å². The zero-order valence-corrected chi connectivity index (χ0v) is 21.0. The zero-order valence-electron chi connectivity index (χ0n) is 19.5. The van der Waals surface area contributed by atoms with Crippen LogP contribution in [0.4, 0.5) is 11.9 Å². The number of β-amino-alcohol motifs (C(OH)–C–C–N with tert-alkyl or cyclic N) is 1. The van der Waals surface area contributed by atoms with Crippen molar-refractivity contribution in [3.63, 3.8) is 0 Å². The van der Waals surface area contributed by atoms with Crippen LogP contribution in [0.1, 0.15) is 36.9 Å². The summed E-state index contributed by atoms with van der Waals surface area (Å²) in [5.74, 6) is 2.27. The van der Waals surface area contributed by atoms with Crippen LogP contribution in [-0.2, 0) is 0 Å². The largest absolute Gasteiger partial charge is 0.395 e. The fraction of sp³-hybridized carbons (Fsp3) is 0.500. The fourth-order valence-corrected chi connectivity index (χ4v) is 5.67. The molecule has 5 rings (SSSR count). The Balaban J connectivity index is 1.37. The van der Waals surface area contributed by atoms with Gasteiger partial charge in [0.05, 0.1) is 18.8 Å². The summed E-state index contributed by atoms with van der Waals surface area (Å²) in [4.78, 5) is 14.0. The molecule has 0 amide bonds. The monoisotopic (exact) mass is 514 g/mol. The summed E-state index contributed by atoms with van der Waals surface area (Å²) in [5, 5.41) is 27.7. The van der Waals surface area contributed by atoms with E-state index >= 15 is 0 Å². The van der Waals surface area contributed by atoms with Crippen molar-refractivity contribution in [1.82, 2.24) is 24.5 Å². The number of hydrogen-bond acceptors (Lipinski definition) is 8. The van der Waals surface area contributed by atoms with E-state index in [9.17, 15) is 10.4 Å². The molecule has 2 atom stereocenters. The smallest absolute Gasteiger partial charge is 0.230 e. The number of benzene rings is 1. The predicted octanol–water partition coefficient (Wildman–Crippen LogP) is 3.62. The van der Waals surface area contributed by atoms with Crippen LogP contribution in [0.15, 0.2) is 24.4 Å². The lowest BCUT2D eigenvalue weighted by Crippen LogP contribution is -2.54. The van der Waals surface area contributed by atoms with Gasteiger partial charge in [-0.15, -0.1) is 0 Å². The number of piperidine rings is 1. The van der Waals surface area contributed by atoms with E-state index < -0.39 is 0 Å². The number of rotatable bonds is 7. The molecule has 0 bridgehead atoms. The summed E-state index contributed by atoms with van der Waals surface area (Å²) < 4.78 is 1.56. The van der Waals surface area contributed by atoms with Gasteiger partial charge >= 0.3 is 0 Å². The molecule has 11 heteroatoms. The molecule has 1 aromatic carbocycles. The summed E-state index contributed by atoms with van der Waals surface area (Å²) in [6.07, 6.45) is 3.90. The van der Waals surface area contributed by atoms with Crippen molar-refractivity contribution in [2.75, 3.05) is 49.5 Å². The Hall–Kier alpha value is -2.64. The van der Waals surface area contributed by atoms with Crippen molar-refractivity contribution >= 4 is 40.7 Å². The molecule has 0 aliphatic carbocycles. The van der Waals surface area contributed by atoms with Crippen LogP contribution in [0.5, 0.6) is 0 Å². The number of aromatic nitrogens is 4. The molecule has 0 saturated carbocycles. The van der Waals surface area contributed by atoms with Crippen LogP contribution in [0, 0.1) is 23.2 Å². The highest BCUT2D eigenvalue weighted by atomic mass is 35.5. The Morgan fingerprint density at radius 3 is 2.80 bits per heavy atom. The molecule has 2 N–H and O–H groups in total. The molecule has 0 radical (unpaired) electrons. The van der Waals surface area contributed by atoms with Gasteiger partial charge in [-0.2, -0.15) is 24.8 Å². The molecule has 2 aliphatic rings. The third kappa shape index (κ3) is 4.89. The number of anilines is 2. The number of nitrogens with one attached hydrogen (secondary N) is 1. The molecule has 2 fully saturated rings. The number of halogens is 2. The normalized spacial score (nSPS) is 20.0. The molecule has 9 nitrogen and oxygen atoms in total. The van der Waals surface area contributed by atoms with E-state index in [1.807, 2.05) is 13.0 Å². The first kappa shape index (κ1) is 24.1. The second-order valence-corrected chi connectivity index (χ2v) is 10.2. The van der Waals surface area contributed by atoms with Crippen LogP contribution >= 0.6 is 23.2 Å². The highest BCUT2D eigenvalue weighted by Gasteiger charge is 2.37. The van der Waals surface area contributed by atoms with Gasteiger partial charge in [-0.25, -0.2) is 0 Å². The van der Waals surface area contributed by atoms with Crippen LogP contribution in [0.2, 0.25) is 10.0 Å². The van der Waals surface area contributed by atoms with Gasteiger partial charge in [-0.3, -0.25) is 0 Å². The van der Waals surface area contributed by atoms with Gasteiger partial charge in [-0.05, 0) is 55.8 Å². The molecular formula is C24H28Cl2N8O. The van der Waals surface area contributed by atoms with E-state index in [0.29, 0.717) is 45.0 Å². The summed E-state index contributed by atoms with van der Waals surface area (Å²) in [7, 11) is 0.